The molecule has 0 radical (unpaired) electrons. The van der Waals surface area contributed by atoms with Gasteiger partial charge in [-0.25, -0.2) is 9.37 Å². The Labute approximate surface area is 153 Å². The number of halogens is 1. The smallest absolute Gasteiger partial charge is 0.213 e. The minimum atomic E-state index is -0.319. The first-order valence-electron chi connectivity index (χ1n) is 8.60. The minimum absolute atomic E-state index is 0.0745. The third kappa shape index (κ3) is 6.06. The molecule has 2 rings (SSSR count). The summed E-state index contributed by atoms with van der Waals surface area (Å²) in [5.74, 6) is 2.23. The van der Waals surface area contributed by atoms with Crippen LogP contribution < -0.4 is 15.4 Å². The van der Waals surface area contributed by atoms with E-state index in [-0.39, 0.29) is 17.3 Å². The molecule has 26 heavy (non-hydrogen) atoms. The lowest BCUT2D eigenvalue weighted by atomic mass is 9.94. The lowest BCUT2D eigenvalue weighted by Crippen LogP contribution is -2.41. The summed E-state index contributed by atoms with van der Waals surface area (Å²) in [6.07, 6.45) is 1.59. The maximum absolute atomic E-state index is 13.2. The highest BCUT2D eigenvalue weighted by molar-refractivity contribution is 5.79. The van der Waals surface area contributed by atoms with E-state index < -0.39 is 0 Å². The van der Waals surface area contributed by atoms with Crippen LogP contribution in [-0.2, 0) is 12.0 Å². The maximum Gasteiger partial charge on any atom is 0.213 e. The normalized spacial score (nSPS) is 13.4. The second kappa shape index (κ2) is 8.69. The van der Waals surface area contributed by atoms with Crippen molar-refractivity contribution in [3.63, 3.8) is 0 Å². The number of ether oxygens (including phenoxy) is 1. The lowest BCUT2D eigenvalue weighted by Gasteiger charge is -2.17. The molecule has 0 spiro atoms. The molecule has 2 aromatic rings. The molecule has 1 unspecified atom stereocenters. The monoisotopic (exact) mass is 362 g/mol. The number of nitrogens with zero attached hydrogens (tertiary/aromatic N) is 2. The van der Waals surface area contributed by atoms with Crippen LogP contribution in [0.4, 0.5) is 4.39 Å². The summed E-state index contributed by atoms with van der Waals surface area (Å²) in [4.78, 5) is 8.44. The van der Waals surface area contributed by atoms with Crippen molar-refractivity contribution in [1.29, 1.82) is 0 Å². The quantitative estimate of drug-likeness (QED) is 0.610. The van der Waals surface area contributed by atoms with E-state index in [9.17, 15) is 4.39 Å². The van der Waals surface area contributed by atoms with Gasteiger partial charge in [-0.3, -0.25) is 4.99 Å². The highest BCUT2D eigenvalue weighted by atomic mass is 19.1. The van der Waals surface area contributed by atoms with Gasteiger partial charge >= 0.3 is 0 Å². The summed E-state index contributed by atoms with van der Waals surface area (Å²) in [6.45, 7) is 9.06. The number of hydrogen-bond acceptors (Lipinski definition) is 4. The molecule has 6 nitrogen and oxygen atoms in total. The second-order valence-electron chi connectivity index (χ2n) is 7.06. The van der Waals surface area contributed by atoms with Crippen LogP contribution in [0.3, 0.4) is 0 Å². The molecule has 0 aliphatic heterocycles. The molecular formula is C19H27FN4O2. The zero-order chi connectivity index (χ0) is 19.2. The van der Waals surface area contributed by atoms with Gasteiger partial charge in [-0.1, -0.05) is 26.8 Å². The lowest BCUT2D eigenvalue weighted by molar-refractivity contribution is 0.223. The third-order valence-corrected chi connectivity index (χ3v) is 3.61. The van der Waals surface area contributed by atoms with Crippen molar-refractivity contribution in [2.75, 3.05) is 13.6 Å². The molecular weight excluding hydrogens is 335 g/mol. The standard InChI is InChI=1S/C19H27FN4O2/c1-13(25-15-8-6-7-14(20)9-15)10-23-18(21-5)24-12-17-22-11-16(26-17)19(2,3)4/h6-9,11,13H,10,12H2,1-5H3,(H2,21,23,24). The molecule has 7 heteroatoms. The first-order valence-corrected chi connectivity index (χ1v) is 8.60. The highest BCUT2D eigenvalue weighted by Gasteiger charge is 2.19. The summed E-state index contributed by atoms with van der Waals surface area (Å²) < 4.78 is 24.6. The number of benzene rings is 1. The van der Waals surface area contributed by atoms with Gasteiger partial charge in [0, 0.05) is 18.5 Å². The third-order valence-electron chi connectivity index (χ3n) is 3.61. The van der Waals surface area contributed by atoms with Crippen LogP contribution in [0.25, 0.3) is 0 Å². The van der Waals surface area contributed by atoms with Crippen molar-refractivity contribution in [3.05, 3.63) is 47.9 Å². The van der Waals surface area contributed by atoms with Gasteiger partial charge in [-0.15, -0.1) is 0 Å². The van der Waals surface area contributed by atoms with Gasteiger partial charge in [-0.05, 0) is 19.1 Å². The zero-order valence-corrected chi connectivity index (χ0v) is 16.0. The van der Waals surface area contributed by atoms with Crippen molar-refractivity contribution in [2.45, 2.75) is 45.8 Å². The molecule has 0 fully saturated rings. The van der Waals surface area contributed by atoms with E-state index in [0.717, 1.165) is 5.76 Å². The Morgan fingerprint density at radius 1 is 1.35 bits per heavy atom. The van der Waals surface area contributed by atoms with Crippen molar-refractivity contribution in [3.8, 4) is 5.75 Å². The van der Waals surface area contributed by atoms with E-state index in [2.05, 4.69) is 41.4 Å². The van der Waals surface area contributed by atoms with Gasteiger partial charge in [0.25, 0.3) is 0 Å². The summed E-state index contributed by atoms with van der Waals surface area (Å²) >= 11 is 0. The largest absolute Gasteiger partial charge is 0.489 e. The molecule has 2 N–H and O–H groups in total. The molecule has 1 atom stereocenters. The van der Waals surface area contributed by atoms with E-state index in [1.54, 1.807) is 25.4 Å². The van der Waals surface area contributed by atoms with Crippen molar-refractivity contribution in [1.82, 2.24) is 15.6 Å². The van der Waals surface area contributed by atoms with Gasteiger partial charge in [0.05, 0.1) is 19.3 Å². The Hall–Kier alpha value is -2.57. The Kier molecular flexibility index (Phi) is 6.60. The van der Waals surface area contributed by atoms with Gasteiger partial charge in [0.1, 0.15) is 23.4 Å². The van der Waals surface area contributed by atoms with Crippen molar-refractivity contribution < 1.29 is 13.5 Å². The van der Waals surface area contributed by atoms with Crippen LogP contribution in [0, 0.1) is 5.82 Å². The summed E-state index contributed by atoms with van der Waals surface area (Å²) in [6, 6.07) is 6.09. The highest BCUT2D eigenvalue weighted by Crippen LogP contribution is 2.22. The molecule has 0 saturated heterocycles. The van der Waals surface area contributed by atoms with Gasteiger partial charge in [-0.2, -0.15) is 0 Å². The molecule has 0 bridgehead atoms. The average Bonchev–Trinajstić information content (AvgIpc) is 3.04. The fourth-order valence-corrected chi connectivity index (χ4v) is 2.17. The molecule has 1 aromatic carbocycles. The van der Waals surface area contributed by atoms with Gasteiger partial charge in [0.15, 0.2) is 5.96 Å². The Morgan fingerprint density at radius 2 is 2.12 bits per heavy atom. The molecule has 0 amide bonds. The number of aliphatic imine (C=N–C) groups is 1. The van der Waals surface area contributed by atoms with Gasteiger partial charge in [0.2, 0.25) is 5.89 Å². The number of oxazole rings is 1. The molecule has 0 aliphatic rings. The fourth-order valence-electron chi connectivity index (χ4n) is 2.17. The van der Waals surface area contributed by atoms with Crippen LogP contribution in [-0.4, -0.2) is 30.6 Å². The number of hydrogen-bond donors (Lipinski definition) is 2. The first kappa shape index (κ1) is 19.8. The van der Waals surface area contributed by atoms with E-state index >= 15 is 0 Å². The molecule has 0 saturated carbocycles. The molecule has 1 aromatic heterocycles. The van der Waals surface area contributed by atoms with E-state index in [4.69, 9.17) is 9.15 Å². The number of nitrogens with one attached hydrogen (secondary N) is 2. The summed E-state index contributed by atoms with van der Waals surface area (Å²) in [7, 11) is 1.68. The first-order chi connectivity index (χ1) is 12.3. The van der Waals surface area contributed by atoms with Crippen molar-refractivity contribution >= 4 is 5.96 Å². The van der Waals surface area contributed by atoms with E-state index in [1.165, 1.54) is 12.1 Å². The predicted molar refractivity (Wildman–Crippen MR) is 99.9 cm³/mol. The second-order valence-corrected chi connectivity index (χ2v) is 7.06. The topological polar surface area (TPSA) is 71.7 Å². The Balaban J connectivity index is 1.79. The van der Waals surface area contributed by atoms with Crippen LogP contribution in [0.2, 0.25) is 0 Å². The van der Waals surface area contributed by atoms with E-state index in [1.807, 2.05) is 6.92 Å². The van der Waals surface area contributed by atoms with Crippen LogP contribution in [0.1, 0.15) is 39.3 Å². The predicted octanol–water partition coefficient (Wildman–Crippen LogP) is 3.24. The summed E-state index contributed by atoms with van der Waals surface area (Å²) in [5.41, 5.74) is -0.0745. The Morgan fingerprint density at radius 3 is 2.73 bits per heavy atom. The molecule has 1 heterocycles. The SMILES string of the molecule is CN=C(NCc1ncc(C(C)(C)C)o1)NCC(C)Oc1cccc(F)c1. The molecule has 142 valence electrons. The molecule has 0 aliphatic carbocycles. The number of guanidine groups is 1. The fraction of sp³-hybridized carbons (Fsp3) is 0.474. The van der Waals surface area contributed by atoms with Crippen LogP contribution in [0.15, 0.2) is 39.9 Å². The summed E-state index contributed by atoms with van der Waals surface area (Å²) in [5, 5.41) is 6.31. The number of aromatic nitrogens is 1. The minimum Gasteiger partial charge on any atom is -0.489 e. The van der Waals surface area contributed by atoms with Crippen molar-refractivity contribution in [2.24, 2.45) is 4.99 Å². The number of rotatable bonds is 6. The zero-order valence-electron chi connectivity index (χ0n) is 16.0. The van der Waals surface area contributed by atoms with Crippen LogP contribution in [0.5, 0.6) is 5.75 Å². The maximum atomic E-state index is 13.2. The average molecular weight is 362 g/mol. The Bertz CT molecular complexity index is 737. The van der Waals surface area contributed by atoms with Crippen LogP contribution >= 0.6 is 0 Å². The van der Waals surface area contributed by atoms with E-state index in [0.29, 0.717) is 30.7 Å². The van der Waals surface area contributed by atoms with Gasteiger partial charge < -0.3 is 19.8 Å².